The van der Waals surface area contributed by atoms with Gasteiger partial charge in [-0.15, -0.1) is 0 Å². The van der Waals surface area contributed by atoms with Gasteiger partial charge in [-0.3, -0.25) is 19.3 Å². The van der Waals surface area contributed by atoms with Crippen molar-refractivity contribution in [2.75, 3.05) is 38.2 Å². The van der Waals surface area contributed by atoms with Crippen LogP contribution < -0.4 is 5.32 Å². The second kappa shape index (κ2) is 13.2. The van der Waals surface area contributed by atoms with Crippen LogP contribution in [0.1, 0.15) is 41.6 Å². The number of carbonyl (C=O) groups is 3. The number of hydrogen-bond donors (Lipinski definition) is 1. The van der Waals surface area contributed by atoms with Crippen molar-refractivity contribution in [3.8, 4) is 0 Å². The Hall–Kier alpha value is -2.78. The van der Waals surface area contributed by atoms with Gasteiger partial charge in [0.1, 0.15) is 24.2 Å². The molecule has 34 heavy (non-hydrogen) atoms. The molecule has 1 aromatic heterocycles. The summed E-state index contributed by atoms with van der Waals surface area (Å²) in [6.45, 7) is 4.93. The Bertz CT molecular complexity index is 949. The first-order chi connectivity index (χ1) is 16.5. The Morgan fingerprint density at radius 3 is 2.56 bits per heavy atom. The minimum absolute atomic E-state index is 0.0261. The lowest BCUT2D eigenvalue weighted by Crippen LogP contribution is -2.49. The van der Waals surface area contributed by atoms with Gasteiger partial charge in [-0.25, -0.2) is 0 Å². The van der Waals surface area contributed by atoms with Crippen LogP contribution in [-0.2, 0) is 27.5 Å². The number of rotatable bonds is 10. The Labute approximate surface area is 205 Å². The molecule has 1 saturated heterocycles. The third-order valence-electron chi connectivity index (χ3n) is 5.66. The quantitative estimate of drug-likeness (QED) is 0.515. The molecule has 2 aromatic rings. The van der Waals surface area contributed by atoms with Crippen molar-refractivity contribution < 1.29 is 23.5 Å². The summed E-state index contributed by atoms with van der Waals surface area (Å²) in [5.41, 5.74) is 0.554. The van der Waals surface area contributed by atoms with Gasteiger partial charge in [0.25, 0.3) is 5.91 Å². The SMILES string of the molecule is CSCCC(NC(=O)c1ccccc1)C(=O)N1CCCN(Cc2ccc(COC(C)=O)o2)CC1. The Balaban J connectivity index is 1.55. The monoisotopic (exact) mass is 487 g/mol. The lowest BCUT2D eigenvalue weighted by Gasteiger charge is -2.27. The second-order valence-corrected chi connectivity index (χ2v) is 9.26. The zero-order chi connectivity index (χ0) is 24.3. The van der Waals surface area contributed by atoms with E-state index >= 15 is 0 Å². The Morgan fingerprint density at radius 2 is 1.82 bits per heavy atom. The summed E-state index contributed by atoms with van der Waals surface area (Å²) in [5, 5.41) is 2.95. The van der Waals surface area contributed by atoms with Crippen LogP contribution in [0, 0.1) is 0 Å². The summed E-state index contributed by atoms with van der Waals surface area (Å²) in [7, 11) is 0. The first-order valence-corrected chi connectivity index (χ1v) is 12.9. The number of ether oxygens (including phenoxy) is 1. The highest BCUT2D eigenvalue weighted by Crippen LogP contribution is 2.15. The number of furan rings is 1. The van der Waals surface area contributed by atoms with Crippen LogP contribution in [0.2, 0.25) is 0 Å². The van der Waals surface area contributed by atoms with Crippen LogP contribution in [-0.4, -0.2) is 71.8 Å². The smallest absolute Gasteiger partial charge is 0.303 e. The number of nitrogens with one attached hydrogen (secondary N) is 1. The van der Waals surface area contributed by atoms with E-state index in [1.807, 2.05) is 41.5 Å². The first-order valence-electron chi connectivity index (χ1n) is 11.5. The minimum Gasteiger partial charge on any atom is -0.461 e. The van der Waals surface area contributed by atoms with E-state index in [9.17, 15) is 14.4 Å². The second-order valence-electron chi connectivity index (χ2n) is 8.28. The average molecular weight is 488 g/mol. The van der Waals surface area contributed by atoms with Crippen molar-refractivity contribution in [2.24, 2.45) is 0 Å². The van der Waals surface area contributed by atoms with E-state index in [-0.39, 0.29) is 24.4 Å². The topological polar surface area (TPSA) is 92.1 Å². The predicted octanol–water partition coefficient (Wildman–Crippen LogP) is 2.93. The third-order valence-corrected chi connectivity index (χ3v) is 6.31. The van der Waals surface area contributed by atoms with Crippen LogP contribution in [0.5, 0.6) is 0 Å². The summed E-state index contributed by atoms with van der Waals surface area (Å²) in [6.07, 6.45) is 3.43. The summed E-state index contributed by atoms with van der Waals surface area (Å²) < 4.78 is 10.7. The highest BCUT2D eigenvalue weighted by molar-refractivity contribution is 7.98. The van der Waals surface area contributed by atoms with E-state index in [2.05, 4.69) is 10.2 Å². The number of thioether (sulfide) groups is 1. The molecule has 1 atom stereocenters. The molecular formula is C25H33N3O5S. The summed E-state index contributed by atoms with van der Waals surface area (Å²) >= 11 is 1.66. The van der Waals surface area contributed by atoms with Crippen LogP contribution in [0.25, 0.3) is 0 Å². The highest BCUT2D eigenvalue weighted by Gasteiger charge is 2.28. The fourth-order valence-electron chi connectivity index (χ4n) is 3.87. The number of amides is 2. The molecule has 0 aliphatic carbocycles. The first kappa shape index (κ1) is 25.8. The van der Waals surface area contributed by atoms with Gasteiger partial charge in [-0.1, -0.05) is 18.2 Å². The molecule has 1 fully saturated rings. The van der Waals surface area contributed by atoms with Gasteiger partial charge < -0.3 is 19.4 Å². The molecule has 1 unspecified atom stereocenters. The van der Waals surface area contributed by atoms with Gasteiger partial charge in [-0.05, 0) is 49.1 Å². The molecule has 1 aliphatic heterocycles. The molecule has 3 rings (SSSR count). The van der Waals surface area contributed by atoms with Gasteiger partial charge in [-0.2, -0.15) is 11.8 Å². The average Bonchev–Trinajstić information content (AvgIpc) is 3.16. The van der Waals surface area contributed by atoms with Crippen LogP contribution >= 0.6 is 11.8 Å². The van der Waals surface area contributed by atoms with E-state index in [1.54, 1.807) is 23.9 Å². The van der Waals surface area contributed by atoms with Crippen LogP contribution in [0.3, 0.4) is 0 Å². The number of esters is 1. The van der Waals surface area contributed by atoms with Crippen molar-refractivity contribution in [3.05, 3.63) is 59.5 Å². The molecule has 2 heterocycles. The van der Waals surface area contributed by atoms with Crippen molar-refractivity contribution >= 4 is 29.5 Å². The number of nitrogens with zero attached hydrogens (tertiary/aromatic N) is 2. The maximum Gasteiger partial charge on any atom is 0.303 e. The zero-order valence-corrected chi connectivity index (χ0v) is 20.6. The highest BCUT2D eigenvalue weighted by atomic mass is 32.2. The van der Waals surface area contributed by atoms with Gasteiger partial charge in [0.15, 0.2) is 0 Å². The molecular weight excluding hydrogens is 454 g/mol. The molecule has 184 valence electrons. The molecule has 2 amide bonds. The van der Waals surface area contributed by atoms with Gasteiger partial charge in [0, 0.05) is 38.7 Å². The normalized spacial score (nSPS) is 15.4. The zero-order valence-electron chi connectivity index (χ0n) is 19.8. The van der Waals surface area contributed by atoms with Gasteiger partial charge in [0.2, 0.25) is 5.91 Å². The van der Waals surface area contributed by atoms with E-state index in [0.717, 1.165) is 24.5 Å². The number of carbonyl (C=O) groups excluding carboxylic acids is 3. The predicted molar refractivity (Wildman–Crippen MR) is 131 cm³/mol. The number of hydrogen-bond acceptors (Lipinski definition) is 7. The minimum atomic E-state index is -0.541. The molecule has 1 aromatic carbocycles. The Morgan fingerprint density at radius 1 is 1.06 bits per heavy atom. The van der Waals surface area contributed by atoms with Gasteiger partial charge in [0.05, 0.1) is 6.54 Å². The van der Waals surface area contributed by atoms with Crippen LogP contribution in [0.4, 0.5) is 0 Å². The number of benzene rings is 1. The summed E-state index contributed by atoms with van der Waals surface area (Å²) in [6, 6.07) is 12.2. The third kappa shape index (κ3) is 7.92. The van der Waals surface area contributed by atoms with Gasteiger partial charge >= 0.3 is 5.97 Å². The summed E-state index contributed by atoms with van der Waals surface area (Å²) in [4.78, 5) is 41.1. The molecule has 1 aliphatic rings. The maximum absolute atomic E-state index is 13.3. The molecule has 0 bridgehead atoms. The summed E-state index contributed by atoms with van der Waals surface area (Å²) in [5.74, 6) is 1.61. The largest absolute Gasteiger partial charge is 0.461 e. The fourth-order valence-corrected chi connectivity index (χ4v) is 4.34. The van der Waals surface area contributed by atoms with Crippen LogP contribution in [0.15, 0.2) is 46.9 Å². The Kier molecular flexibility index (Phi) is 10.0. The lowest BCUT2D eigenvalue weighted by atomic mass is 10.1. The van der Waals surface area contributed by atoms with Crippen molar-refractivity contribution in [1.82, 2.24) is 15.1 Å². The molecule has 0 spiro atoms. The van der Waals surface area contributed by atoms with E-state index in [4.69, 9.17) is 9.15 Å². The van der Waals surface area contributed by atoms with E-state index < -0.39 is 6.04 Å². The molecule has 0 saturated carbocycles. The standard InChI is InChI=1S/C25H33N3O5S/c1-19(29)32-18-22-10-9-21(33-22)17-27-12-6-13-28(15-14-27)25(31)23(11-16-34-2)26-24(30)20-7-4-3-5-8-20/h3-5,7-10,23H,6,11-18H2,1-2H3,(H,26,30). The molecule has 9 heteroatoms. The van der Waals surface area contributed by atoms with Crippen molar-refractivity contribution in [3.63, 3.8) is 0 Å². The lowest BCUT2D eigenvalue weighted by molar-refractivity contribution is -0.142. The van der Waals surface area contributed by atoms with E-state index in [1.165, 1.54) is 6.92 Å². The fraction of sp³-hybridized carbons (Fsp3) is 0.480. The molecule has 1 N–H and O–H groups in total. The van der Waals surface area contributed by atoms with Crippen molar-refractivity contribution in [2.45, 2.75) is 39.0 Å². The molecule has 0 radical (unpaired) electrons. The maximum atomic E-state index is 13.3. The van der Waals surface area contributed by atoms with Crippen molar-refractivity contribution in [1.29, 1.82) is 0 Å². The molecule has 8 nitrogen and oxygen atoms in total. The van der Waals surface area contributed by atoms with E-state index in [0.29, 0.717) is 43.9 Å².